The number of nitrogens with one attached hydrogen (secondary N) is 1. The minimum atomic E-state index is -3.75. The molecule has 1 fully saturated rings. The molecule has 3 N–H and O–H groups in total. The van der Waals surface area contributed by atoms with Crippen molar-refractivity contribution in [3.63, 3.8) is 0 Å². The summed E-state index contributed by atoms with van der Waals surface area (Å²) in [6.45, 7) is 0.881. The summed E-state index contributed by atoms with van der Waals surface area (Å²) in [6.07, 6.45) is 5.70. The number of thiophene rings is 1. The quantitative estimate of drug-likeness (QED) is 0.636. The lowest BCUT2D eigenvalue weighted by Crippen LogP contribution is -2.35. The van der Waals surface area contributed by atoms with Crippen LogP contribution in [0.5, 0.6) is 0 Å². The summed E-state index contributed by atoms with van der Waals surface area (Å²) in [5.41, 5.74) is 6.28. The second kappa shape index (κ2) is 7.58. The lowest BCUT2D eigenvalue weighted by Gasteiger charge is -2.25. The number of piperidine rings is 1. The molecule has 1 aliphatic rings. The van der Waals surface area contributed by atoms with E-state index in [2.05, 4.69) is 10.4 Å². The van der Waals surface area contributed by atoms with E-state index in [-0.39, 0.29) is 14.8 Å². The number of anilines is 1. The van der Waals surface area contributed by atoms with Crippen LogP contribution in [0.2, 0.25) is 0 Å². The first-order chi connectivity index (χ1) is 13.9. The van der Waals surface area contributed by atoms with Crippen molar-refractivity contribution >= 4 is 43.7 Å². The van der Waals surface area contributed by atoms with Gasteiger partial charge in [-0.25, -0.2) is 12.9 Å². The van der Waals surface area contributed by atoms with Gasteiger partial charge in [0.05, 0.1) is 22.8 Å². The molecule has 0 bridgehead atoms. The number of sulfonamides is 1. The third-order valence-corrected chi connectivity index (χ3v) is 8.18. The van der Waals surface area contributed by atoms with Crippen LogP contribution in [0.4, 0.5) is 5.00 Å². The van der Waals surface area contributed by atoms with Crippen LogP contribution < -0.4 is 11.1 Å². The average Bonchev–Trinajstić information content (AvgIpc) is 3.33. The number of nitrogens with zero attached hydrogens (tertiary/aromatic N) is 3. The van der Waals surface area contributed by atoms with E-state index in [1.807, 2.05) is 0 Å². The molecule has 0 aromatic carbocycles. The SMILES string of the molecule is NC(=O)c1cc(S(=O)(=O)N2CCCCC2)sc1NC(=O)c1cnn2ccccc12. The van der Waals surface area contributed by atoms with Gasteiger partial charge in [0.1, 0.15) is 9.21 Å². The number of aromatic nitrogens is 2. The first-order valence-corrected chi connectivity index (χ1v) is 11.3. The Morgan fingerprint density at radius 3 is 2.62 bits per heavy atom. The highest BCUT2D eigenvalue weighted by atomic mass is 32.2. The van der Waals surface area contributed by atoms with Gasteiger partial charge >= 0.3 is 0 Å². The van der Waals surface area contributed by atoms with E-state index in [1.54, 1.807) is 28.9 Å². The molecule has 152 valence electrons. The molecule has 29 heavy (non-hydrogen) atoms. The molecule has 2 amide bonds. The Kier molecular flexibility index (Phi) is 5.11. The van der Waals surface area contributed by atoms with E-state index in [1.165, 1.54) is 16.6 Å². The van der Waals surface area contributed by atoms with Gasteiger partial charge in [0, 0.05) is 19.3 Å². The molecule has 0 unspecified atom stereocenters. The summed E-state index contributed by atoms with van der Waals surface area (Å²) in [6, 6.07) is 6.53. The summed E-state index contributed by atoms with van der Waals surface area (Å²) >= 11 is 0.830. The Morgan fingerprint density at radius 1 is 1.14 bits per heavy atom. The first kappa shape index (κ1) is 19.6. The summed E-state index contributed by atoms with van der Waals surface area (Å²) in [7, 11) is -3.75. The Bertz CT molecular complexity index is 1190. The minimum absolute atomic E-state index is 0.0108. The zero-order valence-corrected chi connectivity index (χ0v) is 17.0. The summed E-state index contributed by atoms with van der Waals surface area (Å²) in [4.78, 5) is 24.6. The zero-order valence-electron chi connectivity index (χ0n) is 15.4. The maximum Gasteiger partial charge on any atom is 0.260 e. The smallest absolute Gasteiger partial charge is 0.260 e. The molecular weight excluding hydrogens is 414 g/mol. The Morgan fingerprint density at radius 2 is 1.90 bits per heavy atom. The number of carbonyl (C=O) groups is 2. The van der Waals surface area contributed by atoms with Crippen LogP contribution in [0.1, 0.15) is 40.0 Å². The van der Waals surface area contributed by atoms with E-state index in [0.717, 1.165) is 30.6 Å². The van der Waals surface area contributed by atoms with Crippen molar-refractivity contribution in [3.8, 4) is 0 Å². The molecule has 0 saturated carbocycles. The molecule has 3 aromatic rings. The highest BCUT2D eigenvalue weighted by molar-refractivity contribution is 7.91. The standard InChI is InChI=1S/C18H19N5O4S2/c19-16(24)12-10-15(29(26,27)22-7-3-1-4-8-22)28-18(12)21-17(25)13-11-20-23-9-5-2-6-14(13)23/h2,5-6,9-11H,1,3-4,7-8H2,(H2,19,24)(H,21,25). The van der Waals surface area contributed by atoms with Crippen molar-refractivity contribution in [2.75, 3.05) is 18.4 Å². The van der Waals surface area contributed by atoms with Gasteiger partial charge in [-0.3, -0.25) is 9.59 Å². The highest BCUT2D eigenvalue weighted by Gasteiger charge is 2.30. The number of hydrogen-bond acceptors (Lipinski definition) is 6. The fraction of sp³-hybridized carbons (Fsp3) is 0.278. The lowest BCUT2D eigenvalue weighted by atomic mass is 10.2. The monoisotopic (exact) mass is 433 g/mol. The van der Waals surface area contributed by atoms with Crippen LogP contribution >= 0.6 is 11.3 Å². The van der Waals surface area contributed by atoms with Gasteiger partial charge in [0.2, 0.25) is 0 Å². The number of fused-ring (bicyclic) bond motifs is 1. The second-order valence-electron chi connectivity index (χ2n) is 6.68. The van der Waals surface area contributed by atoms with Crippen LogP contribution in [0, 0.1) is 0 Å². The number of carbonyl (C=O) groups excluding carboxylic acids is 2. The van der Waals surface area contributed by atoms with Gasteiger partial charge in [-0.1, -0.05) is 12.5 Å². The molecule has 0 spiro atoms. The number of rotatable bonds is 5. The van der Waals surface area contributed by atoms with E-state index in [0.29, 0.717) is 24.2 Å². The molecule has 3 aromatic heterocycles. The predicted octanol–water partition coefficient (Wildman–Crippen LogP) is 1.92. The van der Waals surface area contributed by atoms with Gasteiger partial charge in [-0.15, -0.1) is 11.3 Å². The number of amides is 2. The fourth-order valence-electron chi connectivity index (χ4n) is 3.28. The van der Waals surface area contributed by atoms with E-state index in [4.69, 9.17) is 5.73 Å². The third kappa shape index (κ3) is 3.63. The second-order valence-corrected chi connectivity index (χ2v) is 9.90. The van der Waals surface area contributed by atoms with Crippen molar-refractivity contribution in [1.82, 2.24) is 13.9 Å². The minimum Gasteiger partial charge on any atom is -0.366 e. The zero-order chi connectivity index (χ0) is 20.6. The normalized spacial score (nSPS) is 15.4. The largest absolute Gasteiger partial charge is 0.366 e. The molecule has 0 radical (unpaired) electrons. The third-order valence-electron chi connectivity index (χ3n) is 4.78. The fourth-order valence-corrected chi connectivity index (χ4v) is 6.32. The van der Waals surface area contributed by atoms with E-state index < -0.39 is 21.8 Å². The molecular formula is C18H19N5O4S2. The van der Waals surface area contributed by atoms with Gasteiger partial charge in [0.25, 0.3) is 21.8 Å². The number of pyridine rings is 1. The molecule has 4 heterocycles. The number of primary amides is 1. The van der Waals surface area contributed by atoms with Crippen LogP contribution in [-0.2, 0) is 10.0 Å². The predicted molar refractivity (Wildman–Crippen MR) is 109 cm³/mol. The summed E-state index contributed by atoms with van der Waals surface area (Å²) in [5.74, 6) is -1.31. The molecule has 11 heteroatoms. The topological polar surface area (TPSA) is 127 Å². The number of hydrogen-bond donors (Lipinski definition) is 2. The molecule has 4 rings (SSSR count). The van der Waals surface area contributed by atoms with Crippen molar-refractivity contribution in [2.24, 2.45) is 5.73 Å². The summed E-state index contributed by atoms with van der Waals surface area (Å²) < 4.78 is 28.8. The molecule has 0 aliphatic carbocycles. The van der Waals surface area contributed by atoms with Crippen molar-refractivity contribution < 1.29 is 18.0 Å². The average molecular weight is 434 g/mol. The van der Waals surface area contributed by atoms with Gasteiger partial charge in [-0.2, -0.15) is 9.40 Å². The molecule has 1 saturated heterocycles. The van der Waals surface area contributed by atoms with Crippen LogP contribution in [0.25, 0.3) is 5.52 Å². The van der Waals surface area contributed by atoms with Crippen molar-refractivity contribution in [3.05, 3.63) is 47.8 Å². The maximum atomic E-state index is 12.9. The summed E-state index contributed by atoms with van der Waals surface area (Å²) in [5, 5.41) is 6.84. The maximum absolute atomic E-state index is 12.9. The van der Waals surface area contributed by atoms with E-state index in [9.17, 15) is 18.0 Å². The highest BCUT2D eigenvalue weighted by Crippen LogP contribution is 2.34. The van der Waals surface area contributed by atoms with Crippen molar-refractivity contribution in [2.45, 2.75) is 23.5 Å². The Balaban J connectivity index is 1.67. The van der Waals surface area contributed by atoms with Gasteiger partial charge in [0.15, 0.2) is 0 Å². The number of nitrogens with two attached hydrogens (primary N) is 1. The van der Waals surface area contributed by atoms with Crippen molar-refractivity contribution in [1.29, 1.82) is 0 Å². The molecule has 0 atom stereocenters. The van der Waals surface area contributed by atoms with E-state index >= 15 is 0 Å². The van der Waals surface area contributed by atoms with Gasteiger partial charge in [-0.05, 0) is 31.0 Å². The van der Waals surface area contributed by atoms with Crippen LogP contribution in [-0.4, -0.2) is 47.2 Å². The molecule has 9 nitrogen and oxygen atoms in total. The molecule has 1 aliphatic heterocycles. The van der Waals surface area contributed by atoms with Crippen LogP contribution in [0.15, 0.2) is 40.9 Å². The Labute approximate surface area is 171 Å². The van der Waals surface area contributed by atoms with Crippen LogP contribution in [0.3, 0.4) is 0 Å². The first-order valence-electron chi connectivity index (χ1n) is 9.05. The lowest BCUT2D eigenvalue weighted by molar-refractivity contribution is 0.100. The Hall–Kier alpha value is -2.76. The van der Waals surface area contributed by atoms with Gasteiger partial charge < -0.3 is 11.1 Å².